The quantitative estimate of drug-likeness (QED) is 0.772. The van der Waals surface area contributed by atoms with Crippen LogP contribution in [-0.4, -0.2) is 29.8 Å². The Labute approximate surface area is 154 Å². The first kappa shape index (κ1) is 17.7. The smallest absolute Gasteiger partial charge is 0.255 e. The Bertz CT molecular complexity index is 939. The monoisotopic (exact) mass is 348 g/mol. The van der Waals surface area contributed by atoms with E-state index in [1.54, 1.807) is 0 Å². The van der Waals surface area contributed by atoms with Crippen molar-refractivity contribution in [2.45, 2.75) is 20.8 Å². The zero-order valence-corrected chi connectivity index (χ0v) is 15.9. The number of aromatic nitrogens is 2. The summed E-state index contributed by atoms with van der Waals surface area (Å²) in [5.74, 6) is -0.120. The van der Waals surface area contributed by atoms with Gasteiger partial charge in [0.05, 0.1) is 11.4 Å². The highest BCUT2D eigenvalue weighted by Gasteiger charge is 2.10. The van der Waals surface area contributed by atoms with E-state index in [-0.39, 0.29) is 5.91 Å². The number of carbonyl (C=O) groups is 1. The second kappa shape index (κ2) is 7.04. The van der Waals surface area contributed by atoms with Crippen LogP contribution in [0.3, 0.4) is 0 Å². The molecule has 3 rings (SSSR count). The SMILES string of the molecule is Cc1cc(C)n(-c2ccc(C(=O)Nc3ccc(N(C)C)cc3C)cc2)n1. The van der Waals surface area contributed by atoms with Crippen molar-refractivity contribution in [2.75, 3.05) is 24.3 Å². The Morgan fingerprint density at radius 2 is 1.69 bits per heavy atom. The minimum Gasteiger partial charge on any atom is -0.378 e. The van der Waals surface area contributed by atoms with Crippen LogP contribution in [0, 0.1) is 20.8 Å². The van der Waals surface area contributed by atoms with Gasteiger partial charge in [-0.25, -0.2) is 4.68 Å². The Kier molecular flexibility index (Phi) is 4.80. The van der Waals surface area contributed by atoms with Crippen LogP contribution in [0.2, 0.25) is 0 Å². The molecule has 134 valence electrons. The van der Waals surface area contributed by atoms with Gasteiger partial charge in [-0.2, -0.15) is 5.10 Å². The van der Waals surface area contributed by atoms with Gasteiger partial charge in [-0.3, -0.25) is 4.79 Å². The molecule has 3 aromatic rings. The van der Waals surface area contributed by atoms with Crippen molar-refractivity contribution in [1.29, 1.82) is 0 Å². The van der Waals surface area contributed by atoms with E-state index in [2.05, 4.69) is 16.5 Å². The number of nitrogens with one attached hydrogen (secondary N) is 1. The van der Waals surface area contributed by atoms with Crippen molar-refractivity contribution >= 4 is 17.3 Å². The van der Waals surface area contributed by atoms with Crippen LogP contribution < -0.4 is 10.2 Å². The largest absolute Gasteiger partial charge is 0.378 e. The number of rotatable bonds is 4. The number of anilines is 2. The molecule has 1 N–H and O–H groups in total. The van der Waals surface area contributed by atoms with Crippen LogP contribution in [0.1, 0.15) is 27.3 Å². The molecular weight excluding hydrogens is 324 g/mol. The molecule has 0 unspecified atom stereocenters. The van der Waals surface area contributed by atoms with Crippen molar-refractivity contribution in [3.63, 3.8) is 0 Å². The van der Waals surface area contributed by atoms with E-state index in [0.29, 0.717) is 5.56 Å². The van der Waals surface area contributed by atoms with Gasteiger partial charge in [0.25, 0.3) is 5.91 Å². The highest BCUT2D eigenvalue weighted by atomic mass is 16.1. The minimum absolute atomic E-state index is 0.120. The molecule has 1 aromatic heterocycles. The van der Waals surface area contributed by atoms with E-state index in [4.69, 9.17) is 0 Å². The molecule has 0 aliphatic carbocycles. The molecule has 1 amide bonds. The zero-order valence-electron chi connectivity index (χ0n) is 15.9. The van der Waals surface area contributed by atoms with E-state index < -0.39 is 0 Å². The second-order valence-electron chi connectivity index (χ2n) is 6.73. The molecule has 0 saturated heterocycles. The van der Waals surface area contributed by atoms with Crippen LogP contribution in [-0.2, 0) is 0 Å². The Balaban J connectivity index is 1.77. The lowest BCUT2D eigenvalue weighted by atomic mass is 10.1. The Morgan fingerprint density at radius 3 is 2.23 bits per heavy atom. The van der Waals surface area contributed by atoms with Crippen LogP contribution in [0.15, 0.2) is 48.5 Å². The van der Waals surface area contributed by atoms with Gasteiger partial charge >= 0.3 is 0 Å². The van der Waals surface area contributed by atoms with E-state index in [1.165, 1.54) is 0 Å². The van der Waals surface area contributed by atoms with Gasteiger partial charge in [-0.15, -0.1) is 0 Å². The topological polar surface area (TPSA) is 50.2 Å². The summed E-state index contributed by atoms with van der Waals surface area (Å²) in [7, 11) is 3.99. The third-order valence-electron chi connectivity index (χ3n) is 4.36. The minimum atomic E-state index is -0.120. The second-order valence-corrected chi connectivity index (χ2v) is 6.73. The van der Waals surface area contributed by atoms with Gasteiger partial charge in [0.1, 0.15) is 0 Å². The molecule has 0 spiro atoms. The lowest BCUT2D eigenvalue weighted by molar-refractivity contribution is 0.102. The molecule has 0 saturated carbocycles. The van der Waals surface area contributed by atoms with Crippen LogP contribution >= 0.6 is 0 Å². The van der Waals surface area contributed by atoms with Gasteiger partial charge < -0.3 is 10.2 Å². The summed E-state index contributed by atoms with van der Waals surface area (Å²) in [6, 6.07) is 15.5. The molecule has 0 aliphatic rings. The summed E-state index contributed by atoms with van der Waals surface area (Å²) in [5.41, 5.74) is 6.56. The van der Waals surface area contributed by atoms with Crippen LogP contribution in [0.5, 0.6) is 0 Å². The van der Waals surface area contributed by atoms with Crippen LogP contribution in [0.4, 0.5) is 11.4 Å². The van der Waals surface area contributed by atoms with Gasteiger partial charge in [-0.1, -0.05) is 0 Å². The maximum absolute atomic E-state index is 12.6. The molecule has 0 radical (unpaired) electrons. The molecule has 2 aromatic carbocycles. The van der Waals surface area contributed by atoms with E-state index in [9.17, 15) is 4.79 Å². The van der Waals surface area contributed by atoms with E-state index in [0.717, 1.165) is 34.0 Å². The number of hydrogen-bond acceptors (Lipinski definition) is 3. The summed E-state index contributed by atoms with van der Waals surface area (Å²) in [6.07, 6.45) is 0. The van der Waals surface area contributed by atoms with Crippen molar-refractivity contribution in [2.24, 2.45) is 0 Å². The molecule has 26 heavy (non-hydrogen) atoms. The third kappa shape index (κ3) is 3.61. The van der Waals surface area contributed by atoms with Crippen molar-refractivity contribution < 1.29 is 4.79 Å². The normalized spacial score (nSPS) is 10.7. The number of hydrogen-bond donors (Lipinski definition) is 1. The first-order valence-corrected chi connectivity index (χ1v) is 8.58. The summed E-state index contributed by atoms with van der Waals surface area (Å²) in [5, 5.41) is 7.46. The van der Waals surface area contributed by atoms with Crippen molar-refractivity contribution in [1.82, 2.24) is 9.78 Å². The fourth-order valence-electron chi connectivity index (χ4n) is 2.91. The van der Waals surface area contributed by atoms with E-state index in [1.807, 2.05) is 86.9 Å². The van der Waals surface area contributed by atoms with Crippen molar-refractivity contribution in [3.8, 4) is 5.69 Å². The van der Waals surface area contributed by atoms with Gasteiger partial charge in [0.15, 0.2) is 0 Å². The molecule has 0 aliphatic heterocycles. The zero-order chi connectivity index (χ0) is 18.8. The standard InChI is InChI=1S/C21H24N4O/c1-14-12-19(24(4)5)10-11-20(14)22-21(26)17-6-8-18(9-7-17)25-16(3)13-15(2)23-25/h6-13H,1-5H3,(H,22,26). The number of aryl methyl sites for hydroxylation is 3. The van der Waals surface area contributed by atoms with Gasteiger partial charge in [0.2, 0.25) is 0 Å². The van der Waals surface area contributed by atoms with Crippen molar-refractivity contribution in [3.05, 3.63) is 71.0 Å². The molecule has 5 nitrogen and oxygen atoms in total. The number of benzene rings is 2. The summed E-state index contributed by atoms with van der Waals surface area (Å²) < 4.78 is 1.88. The fourth-order valence-corrected chi connectivity index (χ4v) is 2.91. The number of nitrogens with zero attached hydrogens (tertiary/aromatic N) is 3. The summed E-state index contributed by atoms with van der Waals surface area (Å²) in [6.45, 7) is 5.98. The predicted molar refractivity (Wildman–Crippen MR) is 106 cm³/mol. The first-order valence-electron chi connectivity index (χ1n) is 8.58. The van der Waals surface area contributed by atoms with Crippen LogP contribution in [0.25, 0.3) is 5.69 Å². The highest BCUT2D eigenvalue weighted by Crippen LogP contribution is 2.22. The Morgan fingerprint density at radius 1 is 1.00 bits per heavy atom. The summed E-state index contributed by atoms with van der Waals surface area (Å²) in [4.78, 5) is 14.6. The molecule has 1 heterocycles. The number of carbonyl (C=O) groups excluding carboxylic acids is 1. The fraction of sp³-hybridized carbons (Fsp3) is 0.238. The summed E-state index contributed by atoms with van der Waals surface area (Å²) >= 11 is 0. The maximum atomic E-state index is 12.6. The third-order valence-corrected chi connectivity index (χ3v) is 4.36. The lowest BCUT2D eigenvalue weighted by Crippen LogP contribution is -2.14. The first-order chi connectivity index (χ1) is 12.3. The van der Waals surface area contributed by atoms with E-state index >= 15 is 0 Å². The highest BCUT2D eigenvalue weighted by molar-refractivity contribution is 6.04. The number of amides is 1. The van der Waals surface area contributed by atoms with Gasteiger partial charge in [0, 0.05) is 36.7 Å². The Hall–Kier alpha value is -3.08. The average molecular weight is 348 g/mol. The maximum Gasteiger partial charge on any atom is 0.255 e. The molecular formula is C21H24N4O. The predicted octanol–water partition coefficient (Wildman–Crippen LogP) is 4.12. The average Bonchev–Trinajstić information content (AvgIpc) is 2.95. The molecule has 0 fully saturated rings. The molecule has 0 bridgehead atoms. The molecule has 5 heteroatoms. The molecule has 0 atom stereocenters. The lowest BCUT2D eigenvalue weighted by Gasteiger charge is -2.15. The van der Waals surface area contributed by atoms with Gasteiger partial charge in [-0.05, 0) is 74.9 Å².